The summed E-state index contributed by atoms with van der Waals surface area (Å²) in [7, 11) is 0. The van der Waals surface area contributed by atoms with Crippen molar-refractivity contribution in [3.63, 3.8) is 0 Å². The number of fused-ring (bicyclic) bond motifs is 1. The van der Waals surface area contributed by atoms with Crippen molar-refractivity contribution in [2.75, 3.05) is 13.1 Å². The number of hydrogen-bond donors (Lipinski definition) is 2. The molecule has 1 aromatic heterocycles. The minimum atomic E-state index is -0.953. The summed E-state index contributed by atoms with van der Waals surface area (Å²) in [6.45, 7) is 12.3. The van der Waals surface area contributed by atoms with Gasteiger partial charge < -0.3 is 19.9 Å². The number of para-hydroxylation sites is 1. The summed E-state index contributed by atoms with van der Waals surface area (Å²) in [5, 5.41) is 13.6. The molecule has 1 aliphatic rings. The van der Waals surface area contributed by atoms with E-state index in [0.29, 0.717) is 11.7 Å². The predicted molar refractivity (Wildman–Crippen MR) is 115 cm³/mol. The topological polar surface area (TPSA) is 74.6 Å². The van der Waals surface area contributed by atoms with Gasteiger partial charge in [0.25, 0.3) is 5.91 Å². The number of nitrogens with one attached hydrogen (secondary N) is 1. The summed E-state index contributed by atoms with van der Waals surface area (Å²) in [4.78, 5) is 27.4. The lowest BCUT2D eigenvalue weighted by atomic mass is 9.84. The van der Waals surface area contributed by atoms with Crippen LogP contribution in [0.1, 0.15) is 63.5 Å². The highest BCUT2D eigenvalue weighted by Gasteiger charge is 2.32. The molecule has 1 aliphatic heterocycles. The average molecular weight is 400 g/mol. The van der Waals surface area contributed by atoms with Gasteiger partial charge in [-0.2, -0.15) is 0 Å². The molecule has 2 heterocycles. The van der Waals surface area contributed by atoms with Crippen molar-refractivity contribution in [3.8, 4) is 0 Å². The van der Waals surface area contributed by atoms with Gasteiger partial charge >= 0.3 is 5.97 Å². The molecule has 2 N–H and O–H groups in total. The Balaban J connectivity index is 1.99. The van der Waals surface area contributed by atoms with Gasteiger partial charge in [0.1, 0.15) is 12.2 Å². The molecule has 1 fully saturated rings. The van der Waals surface area contributed by atoms with Gasteiger partial charge in [-0.15, -0.1) is 0 Å². The highest BCUT2D eigenvalue weighted by molar-refractivity contribution is 6.03. The van der Waals surface area contributed by atoms with Crippen molar-refractivity contribution in [2.24, 2.45) is 0 Å². The van der Waals surface area contributed by atoms with Crippen LogP contribution in [0.3, 0.4) is 0 Å². The lowest BCUT2D eigenvalue weighted by Crippen LogP contribution is -2.47. The Kier molecular flexibility index (Phi) is 6.03. The zero-order valence-corrected chi connectivity index (χ0v) is 18.2. The molecule has 158 valence electrons. The van der Waals surface area contributed by atoms with E-state index >= 15 is 0 Å². The fourth-order valence-electron chi connectivity index (χ4n) is 4.41. The molecule has 0 unspecified atom stereocenters. The molecule has 1 aromatic carbocycles. The quantitative estimate of drug-likeness (QED) is 0.805. The molecule has 6 heteroatoms. The molecule has 0 radical (unpaired) electrons. The highest BCUT2D eigenvalue weighted by Crippen LogP contribution is 2.36. The summed E-state index contributed by atoms with van der Waals surface area (Å²) in [6.07, 6.45) is 1.82. The third-order valence-electron chi connectivity index (χ3n) is 5.82. The van der Waals surface area contributed by atoms with Gasteiger partial charge in [0, 0.05) is 36.1 Å². The minimum Gasteiger partial charge on any atom is -0.480 e. The molecule has 0 bridgehead atoms. The summed E-state index contributed by atoms with van der Waals surface area (Å²) in [5.74, 6) is -1.12. The number of likely N-dealkylation sites (tertiary alicyclic amines) is 1. The first-order chi connectivity index (χ1) is 13.6. The van der Waals surface area contributed by atoms with Crippen LogP contribution in [0.2, 0.25) is 0 Å². The molecule has 0 spiro atoms. The lowest BCUT2D eigenvalue weighted by molar-refractivity contribution is -0.137. The summed E-state index contributed by atoms with van der Waals surface area (Å²) in [5.41, 5.74) is 1.88. The number of aliphatic carboxylic acids is 1. The van der Waals surface area contributed by atoms with Crippen LogP contribution in [-0.4, -0.2) is 51.6 Å². The first-order valence-electron chi connectivity index (χ1n) is 10.5. The van der Waals surface area contributed by atoms with Crippen molar-refractivity contribution < 1.29 is 14.7 Å². The van der Waals surface area contributed by atoms with Gasteiger partial charge in [0.05, 0.1) is 0 Å². The van der Waals surface area contributed by atoms with Crippen LogP contribution in [0, 0.1) is 0 Å². The van der Waals surface area contributed by atoms with E-state index in [-0.39, 0.29) is 23.9 Å². The summed E-state index contributed by atoms with van der Waals surface area (Å²) in [6, 6.07) is 8.32. The number of carboxylic acids is 1. The van der Waals surface area contributed by atoms with Crippen LogP contribution < -0.4 is 5.32 Å². The fourth-order valence-corrected chi connectivity index (χ4v) is 4.41. The zero-order valence-electron chi connectivity index (χ0n) is 18.2. The molecule has 1 amide bonds. The van der Waals surface area contributed by atoms with Crippen LogP contribution in [0.5, 0.6) is 0 Å². The van der Waals surface area contributed by atoms with Gasteiger partial charge in [-0.1, -0.05) is 39.0 Å². The highest BCUT2D eigenvalue weighted by atomic mass is 16.4. The number of carbonyl (C=O) groups excluding carboxylic acids is 1. The average Bonchev–Trinajstić information content (AvgIpc) is 2.96. The van der Waals surface area contributed by atoms with E-state index in [1.165, 1.54) is 0 Å². The van der Waals surface area contributed by atoms with Crippen molar-refractivity contribution in [1.82, 2.24) is 14.8 Å². The van der Waals surface area contributed by atoms with E-state index < -0.39 is 5.97 Å². The van der Waals surface area contributed by atoms with Crippen LogP contribution in [0.4, 0.5) is 0 Å². The molecule has 0 atom stereocenters. The molecule has 6 nitrogen and oxygen atoms in total. The number of rotatable bonds is 5. The molecule has 29 heavy (non-hydrogen) atoms. The number of nitrogens with zero attached hydrogens (tertiary/aromatic N) is 2. The van der Waals surface area contributed by atoms with E-state index in [9.17, 15) is 14.7 Å². The molecule has 3 rings (SSSR count). The normalized spacial score (nSPS) is 16.5. The van der Waals surface area contributed by atoms with Gasteiger partial charge in [0.15, 0.2) is 0 Å². The van der Waals surface area contributed by atoms with Gasteiger partial charge in [-0.3, -0.25) is 9.59 Å². The van der Waals surface area contributed by atoms with Gasteiger partial charge in [0.2, 0.25) is 0 Å². The number of amides is 1. The Morgan fingerprint density at radius 3 is 2.34 bits per heavy atom. The monoisotopic (exact) mass is 399 g/mol. The number of aromatic nitrogens is 1. The van der Waals surface area contributed by atoms with Crippen LogP contribution in [-0.2, 0) is 16.8 Å². The predicted octanol–water partition coefficient (Wildman–Crippen LogP) is 3.63. The minimum absolute atomic E-state index is 0.113. The maximum Gasteiger partial charge on any atom is 0.323 e. The summed E-state index contributed by atoms with van der Waals surface area (Å²) >= 11 is 0. The Morgan fingerprint density at radius 1 is 1.17 bits per heavy atom. The molecular weight excluding hydrogens is 366 g/mol. The smallest absolute Gasteiger partial charge is 0.323 e. The second kappa shape index (κ2) is 8.19. The number of benzene rings is 1. The van der Waals surface area contributed by atoms with Crippen molar-refractivity contribution in [2.45, 2.75) is 71.5 Å². The standard InChI is InChI=1S/C23H33N3O3/c1-15(2)25-12-10-16(11-13-25)24-22(29)21-20(23(3,4)5)17-8-6-7-9-18(17)26(21)14-19(27)28/h6-9,15-16H,10-14H2,1-5H3,(H,24,29)(H,27,28). The Morgan fingerprint density at radius 2 is 1.79 bits per heavy atom. The van der Waals surface area contributed by atoms with Crippen LogP contribution in [0.25, 0.3) is 10.9 Å². The first kappa shape index (κ1) is 21.4. The van der Waals surface area contributed by atoms with E-state index in [2.05, 4.69) is 44.8 Å². The van der Waals surface area contributed by atoms with E-state index in [0.717, 1.165) is 42.4 Å². The Hall–Kier alpha value is -2.34. The number of carbonyl (C=O) groups is 2. The number of carboxylic acid groups (broad SMARTS) is 1. The molecule has 2 aromatic rings. The van der Waals surface area contributed by atoms with E-state index in [4.69, 9.17) is 0 Å². The molecular formula is C23H33N3O3. The maximum absolute atomic E-state index is 13.4. The van der Waals surface area contributed by atoms with E-state index in [1.807, 2.05) is 24.3 Å². The Bertz CT molecular complexity index is 900. The third kappa shape index (κ3) is 4.47. The molecule has 1 saturated heterocycles. The van der Waals surface area contributed by atoms with Gasteiger partial charge in [-0.05, 0) is 43.7 Å². The zero-order chi connectivity index (χ0) is 21.3. The lowest BCUT2D eigenvalue weighted by Gasteiger charge is -2.35. The number of hydrogen-bond acceptors (Lipinski definition) is 3. The number of piperidine rings is 1. The molecule has 0 saturated carbocycles. The SMILES string of the molecule is CC(C)N1CCC(NC(=O)c2c(C(C)(C)C)c3ccccc3n2CC(=O)O)CC1. The van der Waals surface area contributed by atoms with Crippen molar-refractivity contribution in [1.29, 1.82) is 0 Å². The second-order valence-corrected chi connectivity index (χ2v) is 9.35. The van der Waals surface area contributed by atoms with Gasteiger partial charge in [-0.25, -0.2) is 0 Å². The van der Waals surface area contributed by atoms with Crippen LogP contribution in [0.15, 0.2) is 24.3 Å². The fraction of sp³-hybridized carbons (Fsp3) is 0.565. The third-order valence-corrected chi connectivity index (χ3v) is 5.82. The summed E-state index contributed by atoms with van der Waals surface area (Å²) < 4.78 is 1.66. The van der Waals surface area contributed by atoms with Crippen molar-refractivity contribution in [3.05, 3.63) is 35.5 Å². The first-order valence-corrected chi connectivity index (χ1v) is 10.5. The Labute approximate surface area is 172 Å². The molecule has 0 aliphatic carbocycles. The largest absolute Gasteiger partial charge is 0.480 e. The second-order valence-electron chi connectivity index (χ2n) is 9.35. The maximum atomic E-state index is 13.4. The van der Waals surface area contributed by atoms with E-state index in [1.54, 1.807) is 4.57 Å². The van der Waals surface area contributed by atoms with Crippen LogP contribution >= 0.6 is 0 Å². The van der Waals surface area contributed by atoms with Crippen molar-refractivity contribution >= 4 is 22.8 Å².